The predicted octanol–water partition coefficient (Wildman–Crippen LogP) is 2.47. The van der Waals surface area contributed by atoms with E-state index in [2.05, 4.69) is 10.1 Å². The van der Waals surface area contributed by atoms with Gasteiger partial charge in [0.25, 0.3) is 5.91 Å². The summed E-state index contributed by atoms with van der Waals surface area (Å²) in [6.07, 6.45) is 1.78. The van der Waals surface area contributed by atoms with Crippen LogP contribution < -0.4 is 5.43 Å². The van der Waals surface area contributed by atoms with Gasteiger partial charge in [-0.1, -0.05) is 0 Å². The van der Waals surface area contributed by atoms with E-state index in [1.165, 1.54) is 18.3 Å². The van der Waals surface area contributed by atoms with Crippen LogP contribution in [0.2, 0.25) is 0 Å². The molecule has 0 spiro atoms. The fourth-order valence-corrected chi connectivity index (χ4v) is 1.42. The Morgan fingerprint density at radius 3 is 2.14 bits per heavy atom. The minimum atomic E-state index is -2.27. The van der Waals surface area contributed by atoms with Crippen LogP contribution in [-0.2, 0) is 0 Å². The Morgan fingerprint density at radius 2 is 1.62 bits per heavy atom. The summed E-state index contributed by atoms with van der Waals surface area (Å²) in [6.45, 7) is 0. The van der Waals surface area contributed by atoms with Gasteiger partial charge in [-0.05, 0) is 12.1 Å². The fourth-order valence-electron chi connectivity index (χ4n) is 1.42. The van der Waals surface area contributed by atoms with Crippen molar-refractivity contribution in [3.63, 3.8) is 0 Å². The van der Waals surface area contributed by atoms with E-state index in [1.54, 1.807) is 0 Å². The summed E-state index contributed by atoms with van der Waals surface area (Å²) in [5.41, 5.74) is 0.719. The van der Waals surface area contributed by atoms with Crippen LogP contribution in [0.5, 0.6) is 0 Å². The molecule has 0 atom stereocenters. The van der Waals surface area contributed by atoms with E-state index in [0.717, 1.165) is 0 Å². The fraction of sp³-hybridized carbons (Fsp3) is 0. The largest absolute Gasteiger partial charge is 0.357 e. The Hall–Kier alpha value is -2.71. The third-order valence-corrected chi connectivity index (χ3v) is 2.45. The van der Waals surface area contributed by atoms with Crippen LogP contribution in [0.15, 0.2) is 23.4 Å². The molecule has 1 heterocycles. The molecule has 21 heavy (non-hydrogen) atoms. The first-order valence-corrected chi connectivity index (χ1v) is 5.41. The first-order chi connectivity index (χ1) is 9.93. The number of aromatic amines is 1. The molecule has 1 aromatic heterocycles. The third kappa shape index (κ3) is 2.76. The number of amides is 1. The molecule has 0 aliphatic rings. The number of hydrogen-bond donors (Lipinski definition) is 2. The van der Waals surface area contributed by atoms with Gasteiger partial charge in [-0.2, -0.15) is 5.10 Å². The lowest BCUT2D eigenvalue weighted by Gasteiger charge is -2.03. The van der Waals surface area contributed by atoms with Gasteiger partial charge in [0.2, 0.25) is 5.82 Å². The second-order valence-electron chi connectivity index (χ2n) is 3.77. The highest BCUT2D eigenvalue weighted by Crippen LogP contribution is 2.21. The molecule has 0 saturated heterocycles. The average Bonchev–Trinajstić information content (AvgIpc) is 3.01. The van der Waals surface area contributed by atoms with E-state index < -0.39 is 40.6 Å². The van der Waals surface area contributed by atoms with Crippen molar-refractivity contribution in [2.45, 2.75) is 0 Å². The zero-order chi connectivity index (χ0) is 15.6. The first kappa shape index (κ1) is 14.7. The number of aromatic nitrogens is 1. The van der Waals surface area contributed by atoms with Crippen molar-refractivity contribution in [1.29, 1.82) is 0 Å². The predicted molar refractivity (Wildman–Crippen MR) is 62.1 cm³/mol. The zero-order valence-electron chi connectivity index (χ0n) is 10.1. The van der Waals surface area contributed by atoms with Gasteiger partial charge in [0.05, 0.1) is 11.8 Å². The van der Waals surface area contributed by atoms with E-state index in [9.17, 15) is 26.7 Å². The summed E-state index contributed by atoms with van der Waals surface area (Å²) < 4.78 is 65.1. The molecule has 9 heteroatoms. The van der Waals surface area contributed by atoms with Gasteiger partial charge in [0.1, 0.15) is 5.69 Å². The number of benzene rings is 1. The minimum absolute atomic E-state index is 0.101. The van der Waals surface area contributed by atoms with Crippen molar-refractivity contribution < 1.29 is 26.7 Å². The van der Waals surface area contributed by atoms with Crippen LogP contribution in [0.1, 0.15) is 16.1 Å². The van der Waals surface area contributed by atoms with Gasteiger partial charge in [-0.15, -0.1) is 0 Å². The number of carbonyl (C=O) groups is 1. The van der Waals surface area contributed by atoms with Gasteiger partial charge in [-0.25, -0.2) is 27.4 Å². The quantitative estimate of drug-likeness (QED) is 0.296. The molecular weight excluding hydrogens is 297 g/mol. The molecule has 2 N–H and O–H groups in total. The molecule has 2 rings (SSSR count). The first-order valence-electron chi connectivity index (χ1n) is 5.41. The van der Waals surface area contributed by atoms with Crippen LogP contribution in [0.25, 0.3) is 0 Å². The maximum absolute atomic E-state index is 13.3. The number of H-pyrrole nitrogens is 1. The Balaban J connectivity index is 2.24. The summed E-state index contributed by atoms with van der Waals surface area (Å²) in [5.74, 6) is -11.3. The molecule has 0 unspecified atom stereocenters. The lowest BCUT2D eigenvalue weighted by atomic mass is 10.2. The summed E-state index contributed by atoms with van der Waals surface area (Å²) in [7, 11) is 0. The highest BCUT2D eigenvalue weighted by Gasteiger charge is 2.24. The van der Waals surface area contributed by atoms with Gasteiger partial charge >= 0.3 is 0 Å². The molecule has 1 amide bonds. The van der Waals surface area contributed by atoms with Crippen LogP contribution >= 0.6 is 0 Å². The number of carbonyl (C=O) groups excluding carboxylic acids is 1. The van der Waals surface area contributed by atoms with Crippen LogP contribution in [0.3, 0.4) is 0 Å². The number of rotatable bonds is 3. The normalized spacial score (nSPS) is 11.1. The molecule has 110 valence electrons. The Morgan fingerprint density at radius 1 is 1.05 bits per heavy atom. The molecule has 0 radical (unpaired) electrons. The van der Waals surface area contributed by atoms with Crippen molar-refractivity contribution in [3.05, 3.63) is 58.7 Å². The van der Waals surface area contributed by atoms with Crippen molar-refractivity contribution >= 4 is 12.1 Å². The number of nitrogens with one attached hydrogen (secondary N) is 2. The molecule has 0 saturated carbocycles. The van der Waals surface area contributed by atoms with Gasteiger partial charge in [0, 0.05) is 6.20 Å². The Labute approximate surface area is 114 Å². The minimum Gasteiger partial charge on any atom is -0.357 e. The van der Waals surface area contributed by atoms with Crippen LogP contribution in [0, 0.1) is 29.1 Å². The summed E-state index contributed by atoms with van der Waals surface area (Å²) in [5, 5.41) is 3.15. The molecular formula is C12H6F5N3O. The maximum Gasteiger partial charge on any atom is 0.287 e. The topological polar surface area (TPSA) is 57.2 Å². The van der Waals surface area contributed by atoms with E-state index >= 15 is 0 Å². The maximum atomic E-state index is 13.3. The van der Waals surface area contributed by atoms with Gasteiger partial charge in [-0.3, -0.25) is 4.79 Å². The lowest BCUT2D eigenvalue weighted by molar-refractivity contribution is 0.0950. The van der Waals surface area contributed by atoms with Gasteiger partial charge in [0.15, 0.2) is 23.3 Å². The molecule has 0 aliphatic carbocycles. The zero-order valence-corrected chi connectivity index (χ0v) is 10.1. The van der Waals surface area contributed by atoms with E-state index in [-0.39, 0.29) is 5.69 Å². The van der Waals surface area contributed by atoms with Crippen molar-refractivity contribution in [1.82, 2.24) is 10.4 Å². The Kier molecular flexibility index (Phi) is 4.01. The Bertz CT molecular complexity index is 683. The van der Waals surface area contributed by atoms with Crippen molar-refractivity contribution in [2.24, 2.45) is 5.10 Å². The number of hydrazone groups is 1. The van der Waals surface area contributed by atoms with E-state index in [4.69, 9.17) is 0 Å². The van der Waals surface area contributed by atoms with E-state index in [1.807, 2.05) is 5.43 Å². The standard InChI is InChI=1S/C12H6F5N3O/c13-7-5(8(14)10(16)11(17)9(7)15)4-19-20-12(21)6-2-1-3-18-6/h1-4,18H,(H,20,21)/b19-4-. The average molecular weight is 303 g/mol. The van der Waals surface area contributed by atoms with Crippen molar-refractivity contribution in [2.75, 3.05) is 0 Å². The molecule has 2 aromatic rings. The SMILES string of the molecule is O=C(N/N=C\c1c(F)c(F)c(F)c(F)c1F)c1ccc[nH]1. The molecule has 4 nitrogen and oxygen atoms in total. The smallest absolute Gasteiger partial charge is 0.287 e. The third-order valence-electron chi connectivity index (χ3n) is 2.45. The summed E-state index contributed by atoms with van der Waals surface area (Å²) in [4.78, 5) is 13.9. The number of halogens is 5. The molecule has 0 aliphatic heterocycles. The monoisotopic (exact) mass is 303 g/mol. The number of nitrogens with zero attached hydrogens (tertiary/aromatic N) is 1. The summed E-state index contributed by atoms with van der Waals surface area (Å²) in [6, 6.07) is 2.91. The second kappa shape index (κ2) is 5.73. The molecule has 1 aromatic carbocycles. The second-order valence-corrected chi connectivity index (χ2v) is 3.77. The summed E-state index contributed by atoms with van der Waals surface area (Å²) >= 11 is 0. The van der Waals surface area contributed by atoms with Crippen LogP contribution in [0.4, 0.5) is 22.0 Å². The number of hydrogen-bond acceptors (Lipinski definition) is 2. The van der Waals surface area contributed by atoms with Gasteiger partial charge < -0.3 is 4.98 Å². The lowest BCUT2D eigenvalue weighted by Crippen LogP contribution is -2.18. The molecule has 0 bridgehead atoms. The van der Waals surface area contributed by atoms with Crippen LogP contribution in [-0.4, -0.2) is 17.1 Å². The van der Waals surface area contributed by atoms with E-state index in [0.29, 0.717) is 6.21 Å². The highest BCUT2D eigenvalue weighted by atomic mass is 19.2. The molecule has 0 fully saturated rings. The van der Waals surface area contributed by atoms with Crippen molar-refractivity contribution in [3.8, 4) is 0 Å². The highest BCUT2D eigenvalue weighted by molar-refractivity contribution is 5.93.